The third kappa shape index (κ3) is 4.93. The number of amides is 1. The van der Waals surface area contributed by atoms with Crippen LogP contribution in [0.15, 0.2) is 47.6 Å². The third-order valence-electron chi connectivity index (χ3n) is 3.33. The smallest absolute Gasteiger partial charge is 0.283 e. The third-order valence-corrected chi connectivity index (χ3v) is 3.58. The molecule has 0 radical (unpaired) electrons. The van der Waals surface area contributed by atoms with E-state index < -0.39 is 16.4 Å². The molecular formula is C17H16ClN3O5. The van der Waals surface area contributed by atoms with Crippen molar-refractivity contribution >= 4 is 29.4 Å². The van der Waals surface area contributed by atoms with E-state index in [1.807, 2.05) is 0 Å². The molecule has 0 atom stereocenters. The molecule has 0 spiro atoms. The highest BCUT2D eigenvalue weighted by Crippen LogP contribution is 2.22. The molecule has 0 unspecified atom stereocenters. The minimum absolute atomic E-state index is 0.0934. The fourth-order valence-electron chi connectivity index (χ4n) is 1.90. The van der Waals surface area contributed by atoms with Gasteiger partial charge in [-0.2, -0.15) is 5.10 Å². The maximum Gasteiger partial charge on any atom is 0.283 e. The van der Waals surface area contributed by atoms with Gasteiger partial charge in [0.25, 0.3) is 11.6 Å². The van der Waals surface area contributed by atoms with Crippen LogP contribution in [-0.4, -0.2) is 27.8 Å². The van der Waals surface area contributed by atoms with Crippen molar-refractivity contribution in [2.45, 2.75) is 19.4 Å². The summed E-state index contributed by atoms with van der Waals surface area (Å²) in [6.45, 7) is 3.11. The van der Waals surface area contributed by atoms with Gasteiger partial charge in [-0.25, -0.2) is 5.43 Å². The van der Waals surface area contributed by atoms with Gasteiger partial charge < -0.3 is 9.84 Å². The highest BCUT2D eigenvalue weighted by molar-refractivity contribution is 6.30. The Morgan fingerprint density at radius 1 is 1.31 bits per heavy atom. The number of halogens is 1. The number of ether oxygens (including phenoxy) is 1. The Kier molecular flexibility index (Phi) is 5.78. The zero-order chi connectivity index (χ0) is 19.3. The number of nitrogens with one attached hydrogen (secondary N) is 1. The predicted molar refractivity (Wildman–Crippen MR) is 96.7 cm³/mol. The molecule has 2 N–H and O–H groups in total. The molecule has 0 bridgehead atoms. The maximum atomic E-state index is 12.2. The fourth-order valence-corrected chi connectivity index (χ4v) is 2.02. The number of hydrogen-bond donors (Lipinski definition) is 2. The molecule has 0 aliphatic carbocycles. The first kappa shape index (κ1) is 19.2. The topological polar surface area (TPSA) is 114 Å². The number of hydrazone groups is 1. The van der Waals surface area contributed by atoms with Gasteiger partial charge in [-0.3, -0.25) is 14.9 Å². The molecule has 1 amide bonds. The lowest BCUT2D eigenvalue weighted by Gasteiger charge is -2.24. The monoisotopic (exact) mass is 377 g/mol. The highest BCUT2D eigenvalue weighted by atomic mass is 35.5. The van der Waals surface area contributed by atoms with E-state index in [-0.39, 0.29) is 17.0 Å². The summed E-state index contributed by atoms with van der Waals surface area (Å²) in [6.07, 6.45) is 1.11. The second-order valence-corrected chi connectivity index (χ2v) is 6.20. The van der Waals surface area contributed by atoms with Gasteiger partial charge in [0.15, 0.2) is 5.60 Å². The number of non-ortho nitro benzene ring substituents is 1. The van der Waals surface area contributed by atoms with Crippen molar-refractivity contribution in [3.8, 4) is 11.5 Å². The normalized spacial score (nSPS) is 11.3. The summed E-state index contributed by atoms with van der Waals surface area (Å²) in [5.41, 5.74) is 0.924. The first-order chi connectivity index (χ1) is 12.2. The van der Waals surface area contributed by atoms with Gasteiger partial charge in [-0.15, -0.1) is 0 Å². The van der Waals surface area contributed by atoms with E-state index in [1.54, 1.807) is 38.1 Å². The Morgan fingerprint density at radius 2 is 1.96 bits per heavy atom. The largest absolute Gasteiger partial charge is 0.507 e. The molecule has 2 aromatic carbocycles. The van der Waals surface area contributed by atoms with Gasteiger partial charge in [0.1, 0.15) is 11.5 Å². The molecule has 8 nitrogen and oxygen atoms in total. The summed E-state index contributed by atoms with van der Waals surface area (Å²) in [5, 5.41) is 24.7. The SMILES string of the molecule is CC(C)(Oc1ccc(Cl)cc1)C(=O)N/N=C/c1cc([N+](=O)[O-])ccc1O. The van der Waals surface area contributed by atoms with E-state index in [0.29, 0.717) is 10.8 Å². The molecule has 0 saturated heterocycles. The summed E-state index contributed by atoms with van der Waals surface area (Å²) in [4.78, 5) is 22.4. The lowest BCUT2D eigenvalue weighted by molar-refractivity contribution is -0.384. The van der Waals surface area contributed by atoms with Gasteiger partial charge in [-0.1, -0.05) is 11.6 Å². The number of rotatable bonds is 6. The Hall–Kier alpha value is -3.13. The predicted octanol–water partition coefficient (Wildman–Crippen LogP) is 3.26. The molecule has 0 aliphatic heterocycles. The lowest BCUT2D eigenvalue weighted by Crippen LogP contribution is -2.44. The molecule has 0 saturated carbocycles. The van der Waals surface area contributed by atoms with Gasteiger partial charge in [0.05, 0.1) is 11.1 Å². The maximum absolute atomic E-state index is 12.2. The summed E-state index contributed by atoms with van der Waals surface area (Å²) < 4.78 is 5.61. The molecule has 0 fully saturated rings. The van der Waals surface area contributed by atoms with E-state index >= 15 is 0 Å². The molecule has 136 valence electrons. The zero-order valence-corrected chi connectivity index (χ0v) is 14.7. The molecule has 2 aromatic rings. The number of aromatic hydroxyl groups is 1. The van der Waals surface area contributed by atoms with Crippen LogP contribution in [-0.2, 0) is 4.79 Å². The van der Waals surface area contributed by atoms with Gasteiger partial charge in [0, 0.05) is 22.7 Å². The first-order valence-corrected chi connectivity index (χ1v) is 7.82. The van der Waals surface area contributed by atoms with E-state index in [0.717, 1.165) is 18.3 Å². The number of phenols is 1. The number of carbonyl (C=O) groups is 1. The van der Waals surface area contributed by atoms with Gasteiger partial charge >= 0.3 is 0 Å². The molecule has 26 heavy (non-hydrogen) atoms. The van der Waals surface area contributed by atoms with E-state index in [2.05, 4.69) is 10.5 Å². The van der Waals surface area contributed by atoms with Crippen LogP contribution in [0.3, 0.4) is 0 Å². The number of hydrogen-bond acceptors (Lipinski definition) is 6. The summed E-state index contributed by atoms with van der Waals surface area (Å²) in [5.74, 6) is -0.297. The molecule has 0 heterocycles. The van der Waals surface area contributed by atoms with Crippen LogP contribution in [0.4, 0.5) is 5.69 Å². The molecular weight excluding hydrogens is 362 g/mol. The summed E-state index contributed by atoms with van der Waals surface area (Å²) in [6, 6.07) is 10.00. The number of benzene rings is 2. The van der Waals surface area contributed by atoms with Crippen molar-refractivity contribution in [2.24, 2.45) is 5.10 Å². The van der Waals surface area contributed by atoms with Crippen molar-refractivity contribution in [3.63, 3.8) is 0 Å². The second kappa shape index (κ2) is 7.83. The van der Waals surface area contributed by atoms with Crippen LogP contribution in [0.1, 0.15) is 19.4 Å². The average Bonchev–Trinajstić information content (AvgIpc) is 2.58. The van der Waals surface area contributed by atoms with Crippen LogP contribution >= 0.6 is 11.6 Å². The van der Waals surface area contributed by atoms with Crippen molar-refractivity contribution in [2.75, 3.05) is 0 Å². The van der Waals surface area contributed by atoms with Crippen LogP contribution in [0.25, 0.3) is 0 Å². The van der Waals surface area contributed by atoms with Crippen molar-refractivity contribution in [1.82, 2.24) is 5.43 Å². The van der Waals surface area contributed by atoms with E-state index in [4.69, 9.17) is 16.3 Å². The van der Waals surface area contributed by atoms with Crippen molar-refractivity contribution in [1.29, 1.82) is 0 Å². The molecule has 2 rings (SSSR count). The van der Waals surface area contributed by atoms with Gasteiger partial charge in [-0.05, 0) is 44.2 Å². The lowest BCUT2D eigenvalue weighted by atomic mass is 10.1. The Morgan fingerprint density at radius 3 is 2.58 bits per heavy atom. The number of nitro benzene ring substituents is 1. The van der Waals surface area contributed by atoms with Crippen LogP contribution in [0.5, 0.6) is 11.5 Å². The molecule has 9 heteroatoms. The number of nitro groups is 1. The molecule has 0 aliphatic rings. The van der Waals surface area contributed by atoms with Gasteiger partial charge in [0.2, 0.25) is 0 Å². The van der Waals surface area contributed by atoms with Crippen molar-refractivity contribution in [3.05, 3.63) is 63.2 Å². The minimum atomic E-state index is -1.24. The first-order valence-electron chi connectivity index (χ1n) is 7.44. The van der Waals surface area contributed by atoms with Crippen LogP contribution < -0.4 is 10.2 Å². The number of carbonyl (C=O) groups excluding carboxylic acids is 1. The Labute approximate surface area is 154 Å². The van der Waals surface area contributed by atoms with Crippen LogP contribution in [0, 0.1) is 10.1 Å². The number of nitrogens with zero attached hydrogens (tertiary/aromatic N) is 2. The summed E-state index contributed by atoms with van der Waals surface area (Å²) in [7, 11) is 0. The average molecular weight is 378 g/mol. The standard InChI is InChI=1S/C17H16ClN3O5/c1-17(2,26-14-6-3-12(18)4-7-14)16(23)20-19-10-11-9-13(21(24)25)5-8-15(11)22/h3-10,22H,1-2H3,(H,20,23)/b19-10+. The second-order valence-electron chi connectivity index (χ2n) is 5.77. The van der Waals surface area contributed by atoms with E-state index in [9.17, 15) is 20.0 Å². The highest BCUT2D eigenvalue weighted by Gasteiger charge is 2.29. The number of phenolic OH excluding ortho intramolecular Hbond substituents is 1. The van der Waals surface area contributed by atoms with Crippen LogP contribution in [0.2, 0.25) is 5.02 Å². The summed E-state index contributed by atoms with van der Waals surface area (Å²) >= 11 is 5.80. The fraction of sp³-hybridized carbons (Fsp3) is 0.176. The van der Waals surface area contributed by atoms with Crippen molar-refractivity contribution < 1.29 is 19.6 Å². The molecule has 0 aromatic heterocycles. The Bertz CT molecular complexity index is 850. The Balaban J connectivity index is 2.04. The quantitative estimate of drug-likeness (QED) is 0.455. The minimum Gasteiger partial charge on any atom is -0.507 e. The van der Waals surface area contributed by atoms with E-state index in [1.165, 1.54) is 6.07 Å². The zero-order valence-electron chi connectivity index (χ0n) is 14.0.